The number of hydrogen-bond acceptors (Lipinski definition) is 5. The lowest BCUT2D eigenvalue weighted by Gasteiger charge is -2.00. The van der Waals surface area contributed by atoms with Gasteiger partial charge in [0.15, 0.2) is 5.92 Å². The van der Waals surface area contributed by atoms with Crippen molar-refractivity contribution in [3.05, 3.63) is 0 Å². The predicted octanol–water partition coefficient (Wildman–Crippen LogP) is 0.404. The van der Waals surface area contributed by atoms with Gasteiger partial charge in [-0.15, -0.1) is 11.8 Å². The minimum atomic E-state index is -0.799. The van der Waals surface area contributed by atoms with Crippen molar-refractivity contribution in [3.8, 4) is 12.1 Å². The molecule has 0 spiro atoms. The standard InChI is InChI=1S/C7H9N3OS/c1-12-7(10-2-3-11)6(4-8)5-9/h6,11H,2-3H2,1H3. The number of aliphatic hydroxyl groups is 1. The van der Waals surface area contributed by atoms with Crippen molar-refractivity contribution in [1.82, 2.24) is 0 Å². The summed E-state index contributed by atoms with van der Waals surface area (Å²) in [5, 5.41) is 25.9. The summed E-state index contributed by atoms with van der Waals surface area (Å²) < 4.78 is 0. The van der Waals surface area contributed by atoms with E-state index in [1.54, 1.807) is 6.26 Å². The van der Waals surface area contributed by atoms with Gasteiger partial charge in [0.25, 0.3) is 0 Å². The molecule has 0 atom stereocenters. The first kappa shape index (κ1) is 11.0. The summed E-state index contributed by atoms with van der Waals surface area (Å²) in [7, 11) is 0. The molecule has 0 fully saturated rings. The highest BCUT2D eigenvalue weighted by Gasteiger charge is 2.12. The smallest absolute Gasteiger partial charge is 0.180 e. The quantitative estimate of drug-likeness (QED) is 0.507. The van der Waals surface area contributed by atoms with Crippen LogP contribution in [0.5, 0.6) is 0 Å². The molecule has 5 heteroatoms. The van der Waals surface area contributed by atoms with Crippen LogP contribution in [0.2, 0.25) is 0 Å². The van der Waals surface area contributed by atoms with E-state index in [1.807, 2.05) is 12.1 Å². The van der Waals surface area contributed by atoms with Gasteiger partial charge in [-0.05, 0) is 6.26 Å². The van der Waals surface area contributed by atoms with E-state index >= 15 is 0 Å². The first-order valence-electron chi connectivity index (χ1n) is 3.28. The number of thioether (sulfide) groups is 1. The van der Waals surface area contributed by atoms with Gasteiger partial charge in [-0.2, -0.15) is 10.5 Å². The van der Waals surface area contributed by atoms with Crippen molar-refractivity contribution in [2.45, 2.75) is 0 Å². The average Bonchev–Trinajstić information content (AvgIpc) is 2.12. The monoisotopic (exact) mass is 183 g/mol. The van der Waals surface area contributed by atoms with Crippen molar-refractivity contribution in [2.75, 3.05) is 19.4 Å². The molecule has 0 radical (unpaired) electrons. The Morgan fingerprint density at radius 1 is 1.58 bits per heavy atom. The molecule has 0 bridgehead atoms. The van der Waals surface area contributed by atoms with E-state index in [1.165, 1.54) is 11.8 Å². The fourth-order valence-corrected chi connectivity index (χ4v) is 1.13. The van der Waals surface area contributed by atoms with Crippen molar-refractivity contribution >= 4 is 16.8 Å². The van der Waals surface area contributed by atoms with Crippen LogP contribution >= 0.6 is 11.8 Å². The zero-order valence-corrected chi connectivity index (χ0v) is 7.51. The van der Waals surface area contributed by atoms with Crippen LogP contribution in [-0.4, -0.2) is 29.6 Å². The molecule has 64 valence electrons. The Balaban J connectivity index is 4.35. The van der Waals surface area contributed by atoms with Gasteiger partial charge < -0.3 is 5.11 Å². The Morgan fingerprint density at radius 3 is 2.50 bits per heavy atom. The van der Waals surface area contributed by atoms with Crippen molar-refractivity contribution < 1.29 is 5.11 Å². The largest absolute Gasteiger partial charge is 0.394 e. The molecule has 0 unspecified atom stereocenters. The second-order valence-corrected chi connectivity index (χ2v) is 2.67. The minimum absolute atomic E-state index is 0.0619. The highest BCUT2D eigenvalue weighted by Crippen LogP contribution is 2.08. The normalized spacial score (nSPS) is 10.9. The summed E-state index contributed by atoms with van der Waals surface area (Å²) in [4.78, 5) is 3.89. The second kappa shape index (κ2) is 6.66. The number of rotatable bonds is 3. The zero-order valence-electron chi connectivity index (χ0n) is 6.69. The third-order valence-corrected chi connectivity index (χ3v) is 1.87. The molecule has 12 heavy (non-hydrogen) atoms. The topological polar surface area (TPSA) is 80.2 Å². The summed E-state index contributed by atoms with van der Waals surface area (Å²) in [5.41, 5.74) is 0. The van der Waals surface area contributed by atoms with Gasteiger partial charge in [0.05, 0.1) is 30.3 Å². The maximum Gasteiger partial charge on any atom is 0.180 e. The van der Waals surface area contributed by atoms with Gasteiger partial charge in [0, 0.05) is 0 Å². The molecule has 0 saturated heterocycles. The number of aliphatic imine (C=N–C) groups is 1. The molecule has 0 aromatic heterocycles. The van der Waals surface area contributed by atoms with Crippen LogP contribution < -0.4 is 0 Å². The molecule has 0 heterocycles. The average molecular weight is 183 g/mol. The molecular formula is C7H9N3OS. The molecule has 4 nitrogen and oxygen atoms in total. The summed E-state index contributed by atoms with van der Waals surface area (Å²) in [6.07, 6.45) is 1.75. The molecule has 0 aromatic carbocycles. The van der Waals surface area contributed by atoms with Gasteiger partial charge in [0.2, 0.25) is 0 Å². The molecule has 0 aliphatic rings. The Labute approximate surface area is 75.5 Å². The fraction of sp³-hybridized carbons (Fsp3) is 0.571. The van der Waals surface area contributed by atoms with E-state index < -0.39 is 5.92 Å². The van der Waals surface area contributed by atoms with Crippen molar-refractivity contribution in [2.24, 2.45) is 10.9 Å². The van der Waals surface area contributed by atoms with Crippen LogP contribution in [0.1, 0.15) is 0 Å². The van der Waals surface area contributed by atoms with E-state index in [-0.39, 0.29) is 13.2 Å². The maximum absolute atomic E-state index is 8.50. The van der Waals surface area contributed by atoms with Crippen LogP contribution in [0, 0.1) is 28.6 Å². The molecular weight excluding hydrogens is 174 g/mol. The number of nitrogens with zero attached hydrogens (tertiary/aromatic N) is 3. The van der Waals surface area contributed by atoms with Crippen LogP contribution in [0.25, 0.3) is 0 Å². The molecule has 1 N–H and O–H groups in total. The summed E-state index contributed by atoms with van der Waals surface area (Å²) in [6.45, 7) is 0.184. The Morgan fingerprint density at radius 2 is 2.17 bits per heavy atom. The number of nitriles is 2. The van der Waals surface area contributed by atoms with E-state index in [4.69, 9.17) is 15.6 Å². The molecule has 0 saturated carbocycles. The molecule has 0 amide bonds. The molecule has 0 aromatic rings. The van der Waals surface area contributed by atoms with Gasteiger partial charge in [-0.3, -0.25) is 4.99 Å². The van der Waals surface area contributed by atoms with E-state index in [2.05, 4.69) is 4.99 Å². The van der Waals surface area contributed by atoms with Gasteiger partial charge in [-0.1, -0.05) is 0 Å². The fourth-order valence-electron chi connectivity index (χ4n) is 0.573. The van der Waals surface area contributed by atoms with E-state index in [0.29, 0.717) is 5.04 Å². The van der Waals surface area contributed by atoms with Gasteiger partial charge in [0.1, 0.15) is 0 Å². The molecule has 0 rings (SSSR count). The lowest BCUT2D eigenvalue weighted by Crippen LogP contribution is -2.07. The summed E-state index contributed by atoms with van der Waals surface area (Å²) >= 11 is 1.26. The van der Waals surface area contributed by atoms with Gasteiger partial charge >= 0.3 is 0 Å². The highest BCUT2D eigenvalue weighted by molar-refractivity contribution is 8.13. The summed E-state index contributed by atoms with van der Waals surface area (Å²) in [6, 6.07) is 3.63. The number of hydrogen-bond donors (Lipinski definition) is 1. The van der Waals surface area contributed by atoms with E-state index in [0.717, 1.165) is 0 Å². The van der Waals surface area contributed by atoms with Crippen LogP contribution in [-0.2, 0) is 0 Å². The van der Waals surface area contributed by atoms with Crippen LogP contribution in [0.15, 0.2) is 4.99 Å². The van der Waals surface area contributed by atoms with Crippen molar-refractivity contribution in [1.29, 1.82) is 10.5 Å². The predicted molar refractivity (Wildman–Crippen MR) is 47.6 cm³/mol. The third-order valence-electron chi connectivity index (χ3n) is 1.08. The third kappa shape index (κ3) is 3.38. The second-order valence-electron chi connectivity index (χ2n) is 1.84. The maximum atomic E-state index is 8.50. The minimum Gasteiger partial charge on any atom is -0.394 e. The molecule has 0 aliphatic carbocycles. The molecule has 0 aliphatic heterocycles. The zero-order chi connectivity index (χ0) is 9.40. The van der Waals surface area contributed by atoms with Gasteiger partial charge in [-0.25, -0.2) is 0 Å². The Hall–Kier alpha value is -1.04. The first-order chi connectivity index (χ1) is 5.79. The van der Waals surface area contributed by atoms with Crippen molar-refractivity contribution in [3.63, 3.8) is 0 Å². The summed E-state index contributed by atoms with van der Waals surface area (Å²) in [5.74, 6) is -0.799. The highest BCUT2D eigenvalue weighted by atomic mass is 32.2. The number of aliphatic hydroxyl groups excluding tert-OH is 1. The first-order valence-corrected chi connectivity index (χ1v) is 4.51. The Bertz CT molecular complexity index is 224. The lowest BCUT2D eigenvalue weighted by atomic mass is 10.2. The van der Waals surface area contributed by atoms with Crippen LogP contribution in [0.3, 0.4) is 0 Å². The lowest BCUT2D eigenvalue weighted by molar-refractivity contribution is 0.307. The van der Waals surface area contributed by atoms with E-state index in [9.17, 15) is 0 Å². The van der Waals surface area contributed by atoms with Crippen LogP contribution in [0.4, 0.5) is 0 Å². The Kier molecular flexibility index (Phi) is 6.08. The SMILES string of the molecule is CSC(=NCCO)C(C#N)C#N.